The van der Waals surface area contributed by atoms with Gasteiger partial charge in [-0.15, -0.1) is 0 Å². The molecule has 1 aliphatic heterocycles. The van der Waals surface area contributed by atoms with Gasteiger partial charge in [-0.2, -0.15) is 0 Å². The predicted molar refractivity (Wildman–Crippen MR) is 103 cm³/mol. The Hall–Kier alpha value is -2.87. The normalized spacial score (nSPS) is 13.9. The number of morpholine rings is 1. The molecule has 144 valence electrons. The second-order valence-corrected chi connectivity index (χ2v) is 6.00. The lowest BCUT2D eigenvalue weighted by Crippen LogP contribution is -2.36. The van der Waals surface area contributed by atoms with Crippen LogP contribution in [0.15, 0.2) is 36.7 Å². The summed E-state index contributed by atoms with van der Waals surface area (Å²) in [6.45, 7) is 6.67. The van der Waals surface area contributed by atoms with Gasteiger partial charge in [-0.3, -0.25) is 4.79 Å². The smallest absolute Gasteiger partial charge is 0.251 e. The van der Waals surface area contributed by atoms with Crippen molar-refractivity contribution in [3.8, 4) is 5.75 Å². The number of hydrogen-bond acceptors (Lipinski definition) is 7. The van der Waals surface area contributed by atoms with E-state index in [9.17, 15) is 4.79 Å². The number of carbonyl (C=O) groups is 1. The summed E-state index contributed by atoms with van der Waals surface area (Å²) in [6, 6.07) is 9.02. The number of aromatic nitrogens is 2. The van der Waals surface area contributed by atoms with Crippen LogP contribution in [0.4, 0.5) is 11.6 Å². The Morgan fingerprint density at radius 3 is 2.70 bits per heavy atom. The number of amides is 1. The molecule has 27 heavy (non-hydrogen) atoms. The SMILES string of the molecule is CCOc1ccc(C(=O)NCCNc2cc(N3CCOCC3)ncn2)cc1. The molecule has 8 heteroatoms. The van der Waals surface area contributed by atoms with Gasteiger partial charge in [0.2, 0.25) is 0 Å². The molecule has 2 aromatic rings. The minimum Gasteiger partial charge on any atom is -0.494 e. The van der Waals surface area contributed by atoms with Gasteiger partial charge in [-0.1, -0.05) is 0 Å². The second kappa shape index (κ2) is 9.72. The molecule has 2 N–H and O–H groups in total. The molecule has 3 rings (SSSR count). The van der Waals surface area contributed by atoms with Crippen LogP contribution in [0.1, 0.15) is 17.3 Å². The van der Waals surface area contributed by atoms with Crippen LogP contribution < -0.4 is 20.3 Å². The first-order valence-electron chi connectivity index (χ1n) is 9.16. The molecule has 1 fully saturated rings. The van der Waals surface area contributed by atoms with E-state index in [1.54, 1.807) is 30.6 Å². The van der Waals surface area contributed by atoms with Crippen LogP contribution in [0.2, 0.25) is 0 Å². The number of anilines is 2. The molecular weight excluding hydrogens is 346 g/mol. The molecule has 1 amide bonds. The molecule has 0 bridgehead atoms. The van der Waals surface area contributed by atoms with Gasteiger partial charge in [0.15, 0.2) is 0 Å². The molecule has 0 saturated carbocycles. The molecule has 1 aromatic carbocycles. The number of ether oxygens (including phenoxy) is 2. The minimum absolute atomic E-state index is 0.114. The summed E-state index contributed by atoms with van der Waals surface area (Å²) in [5.41, 5.74) is 0.607. The van der Waals surface area contributed by atoms with E-state index < -0.39 is 0 Å². The van der Waals surface area contributed by atoms with Crippen molar-refractivity contribution in [1.29, 1.82) is 0 Å². The summed E-state index contributed by atoms with van der Waals surface area (Å²) in [7, 11) is 0. The van der Waals surface area contributed by atoms with Gasteiger partial charge in [0.25, 0.3) is 5.91 Å². The Kier molecular flexibility index (Phi) is 6.81. The summed E-state index contributed by atoms with van der Waals surface area (Å²) in [6.07, 6.45) is 1.55. The van der Waals surface area contributed by atoms with Gasteiger partial charge < -0.3 is 25.0 Å². The van der Waals surface area contributed by atoms with Crippen molar-refractivity contribution in [1.82, 2.24) is 15.3 Å². The largest absolute Gasteiger partial charge is 0.494 e. The summed E-state index contributed by atoms with van der Waals surface area (Å²) >= 11 is 0. The molecule has 0 unspecified atom stereocenters. The molecule has 1 aromatic heterocycles. The molecule has 0 atom stereocenters. The van der Waals surface area contributed by atoms with E-state index in [1.165, 1.54) is 0 Å². The fourth-order valence-corrected chi connectivity index (χ4v) is 2.75. The van der Waals surface area contributed by atoms with Gasteiger partial charge in [0.05, 0.1) is 19.8 Å². The highest BCUT2D eigenvalue weighted by Crippen LogP contribution is 2.15. The van der Waals surface area contributed by atoms with Crippen LogP contribution >= 0.6 is 0 Å². The van der Waals surface area contributed by atoms with Crippen LogP contribution in [0.3, 0.4) is 0 Å². The zero-order chi connectivity index (χ0) is 18.9. The van der Waals surface area contributed by atoms with E-state index in [2.05, 4.69) is 25.5 Å². The van der Waals surface area contributed by atoms with Crippen molar-refractivity contribution in [2.75, 3.05) is 56.2 Å². The average Bonchev–Trinajstić information content (AvgIpc) is 2.73. The summed E-state index contributed by atoms with van der Waals surface area (Å²) in [4.78, 5) is 22.9. The lowest BCUT2D eigenvalue weighted by atomic mass is 10.2. The first-order valence-corrected chi connectivity index (χ1v) is 9.16. The van der Waals surface area contributed by atoms with Crippen molar-refractivity contribution in [2.45, 2.75) is 6.92 Å². The highest BCUT2D eigenvalue weighted by molar-refractivity contribution is 5.94. The Morgan fingerprint density at radius 1 is 1.19 bits per heavy atom. The highest BCUT2D eigenvalue weighted by Gasteiger charge is 2.13. The van der Waals surface area contributed by atoms with Gasteiger partial charge in [-0.05, 0) is 31.2 Å². The third-order valence-corrected chi connectivity index (χ3v) is 4.13. The lowest BCUT2D eigenvalue weighted by molar-refractivity contribution is 0.0955. The molecule has 0 aliphatic carbocycles. The Bertz CT molecular complexity index is 732. The molecule has 0 spiro atoms. The van der Waals surface area contributed by atoms with Crippen molar-refractivity contribution in [3.63, 3.8) is 0 Å². The van der Waals surface area contributed by atoms with Crippen LogP contribution in [-0.2, 0) is 4.74 Å². The number of nitrogens with one attached hydrogen (secondary N) is 2. The van der Waals surface area contributed by atoms with Gasteiger partial charge in [0, 0.05) is 37.8 Å². The zero-order valence-electron chi connectivity index (χ0n) is 15.5. The third kappa shape index (κ3) is 5.55. The van der Waals surface area contributed by atoms with Gasteiger partial charge >= 0.3 is 0 Å². The summed E-state index contributed by atoms with van der Waals surface area (Å²) in [5, 5.41) is 6.10. The van der Waals surface area contributed by atoms with Crippen LogP contribution in [-0.4, -0.2) is 61.9 Å². The van der Waals surface area contributed by atoms with Crippen molar-refractivity contribution in [2.24, 2.45) is 0 Å². The lowest BCUT2D eigenvalue weighted by Gasteiger charge is -2.27. The van der Waals surface area contributed by atoms with E-state index in [-0.39, 0.29) is 5.91 Å². The number of hydrogen-bond donors (Lipinski definition) is 2. The first-order chi connectivity index (χ1) is 13.3. The topological polar surface area (TPSA) is 88.6 Å². The zero-order valence-corrected chi connectivity index (χ0v) is 15.5. The number of rotatable bonds is 8. The van der Waals surface area contributed by atoms with E-state index in [0.29, 0.717) is 38.5 Å². The highest BCUT2D eigenvalue weighted by atomic mass is 16.5. The molecule has 0 radical (unpaired) electrons. The molecule has 1 aliphatic rings. The number of nitrogens with zero attached hydrogens (tertiary/aromatic N) is 3. The van der Waals surface area contributed by atoms with Crippen LogP contribution in [0.5, 0.6) is 5.75 Å². The standard InChI is InChI=1S/C19H25N5O3/c1-2-27-16-5-3-15(4-6-16)19(25)21-8-7-20-17-13-18(23-14-22-17)24-9-11-26-12-10-24/h3-6,13-14H,2,7-12H2,1H3,(H,21,25)(H,20,22,23). The molecule has 2 heterocycles. The fraction of sp³-hybridized carbons (Fsp3) is 0.421. The monoisotopic (exact) mass is 371 g/mol. The third-order valence-electron chi connectivity index (χ3n) is 4.13. The van der Waals surface area contributed by atoms with Crippen molar-refractivity contribution in [3.05, 3.63) is 42.2 Å². The van der Waals surface area contributed by atoms with E-state index in [4.69, 9.17) is 9.47 Å². The van der Waals surface area contributed by atoms with Crippen LogP contribution in [0, 0.1) is 0 Å². The number of benzene rings is 1. The van der Waals surface area contributed by atoms with Gasteiger partial charge in [-0.25, -0.2) is 9.97 Å². The molecule has 8 nitrogen and oxygen atoms in total. The Balaban J connectivity index is 1.43. The maximum Gasteiger partial charge on any atom is 0.251 e. The average molecular weight is 371 g/mol. The first kappa shape index (κ1) is 18.9. The van der Waals surface area contributed by atoms with E-state index in [0.717, 1.165) is 30.5 Å². The quantitative estimate of drug-likeness (QED) is 0.681. The maximum atomic E-state index is 12.2. The maximum absolute atomic E-state index is 12.2. The van der Waals surface area contributed by atoms with Crippen molar-refractivity contribution >= 4 is 17.5 Å². The van der Waals surface area contributed by atoms with E-state index >= 15 is 0 Å². The Labute approximate surface area is 158 Å². The van der Waals surface area contributed by atoms with Gasteiger partial charge in [0.1, 0.15) is 23.7 Å². The predicted octanol–water partition coefficient (Wildman–Crippen LogP) is 1.55. The molecular formula is C19H25N5O3. The minimum atomic E-state index is -0.114. The number of carbonyl (C=O) groups excluding carboxylic acids is 1. The summed E-state index contributed by atoms with van der Waals surface area (Å²) in [5.74, 6) is 2.27. The summed E-state index contributed by atoms with van der Waals surface area (Å²) < 4.78 is 10.7. The Morgan fingerprint density at radius 2 is 1.96 bits per heavy atom. The van der Waals surface area contributed by atoms with E-state index in [1.807, 2.05) is 13.0 Å². The second-order valence-electron chi connectivity index (χ2n) is 6.00. The molecule has 1 saturated heterocycles. The van der Waals surface area contributed by atoms with Crippen molar-refractivity contribution < 1.29 is 14.3 Å². The van der Waals surface area contributed by atoms with Crippen LogP contribution in [0.25, 0.3) is 0 Å². The fourth-order valence-electron chi connectivity index (χ4n) is 2.75.